The molecule has 0 fully saturated rings. The maximum atomic E-state index is 9.55. The Kier molecular flexibility index (Phi) is 3.98. The van der Waals surface area contributed by atoms with Gasteiger partial charge in [0.2, 0.25) is 0 Å². The van der Waals surface area contributed by atoms with E-state index in [9.17, 15) is 6.85 Å². The third-order valence-corrected chi connectivity index (χ3v) is 6.67. The molecule has 0 spiro atoms. The SMILES string of the molecule is [2H]c1c([2H])c(-c2ccc3ccccc3c2)c([2H])c(N(c2c([2H])c([2H])c(-c3ccccc3)c([2H])c2[2H])c2c([2H])c([2H])c(-c3ccccc3)c([2H])c2[2H])c1[2H]. The van der Waals surface area contributed by atoms with E-state index < -0.39 is 89.6 Å². The zero-order chi connectivity index (χ0) is 37.9. The third kappa shape index (κ3) is 5.14. The molecule has 0 amide bonds. The van der Waals surface area contributed by atoms with E-state index in [2.05, 4.69) is 0 Å². The van der Waals surface area contributed by atoms with Crippen LogP contribution in [0.4, 0.5) is 17.1 Å². The normalized spacial score (nSPS) is 15.0. The van der Waals surface area contributed by atoms with Crippen molar-refractivity contribution in [3.63, 3.8) is 0 Å². The van der Waals surface area contributed by atoms with Crippen LogP contribution in [0.25, 0.3) is 44.2 Å². The molecule has 7 aromatic rings. The van der Waals surface area contributed by atoms with Gasteiger partial charge in [-0.15, -0.1) is 0 Å². The highest BCUT2D eigenvalue weighted by Gasteiger charge is 2.14. The highest BCUT2D eigenvalue weighted by atomic mass is 15.1. The Balaban J connectivity index is 1.62. The molecule has 0 radical (unpaired) electrons. The second-order valence-electron chi connectivity index (χ2n) is 9.30. The molecule has 7 aromatic carbocycles. The van der Waals surface area contributed by atoms with Crippen molar-refractivity contribution < 1.29 is 16.4 Å². The van der Waals surface area contributed by atoms with Crippen LogP contribution in [0.15, 0.2) is 176 Å². The van der Waals surface area contributed by atoms with Crippen molar-refractivity contribution in [3.05, 3.63) is 176 Å². The van der Waals surface area contributed by atoms with Gasteiger partial charge in [0.15, 0.2) is 0 Å². The number of rotatable bonds is 6. The van der Waals surface area contributed by atoms with E-state index in [0.717, 1.165) is 15.7 Å². The fraction of sp³-hybridized carbons (Fsp3) is 0. The first kappa shape index (κ1) is 14.8. The summed E-state index contributed by atoms with van der Waals surface area (Å²) in [6, 6.07) is 22.6. The molecule has 0 bridgehead atoms. The first-order valence-corrected chi connectivity index (χ1v) is 13.1. The zero-order valence-corrected chi connectivity index (χ0v) is 21.8. The van der Waals surface area contributed by atoms with Gasteiger partial charge < -0.3 is 4.90 Å². The van der Waals surface area contributed by atoms with Crippen molar-refractivity contribution in [3.8, 4) is 33.4 Å². The average Bonchev–Trinajstić information content (AvgIpc) is 3.16. The lowest BCUT2D eigenvalue weighted by Gasteiger charge is -2.26. The summed E-state index contributed by atoms with van der Waals surface area (Å²) in [5.41, 5.74) is -0.585. The molecule has 1 heteroatoms. The Bertz CT molecular complexity index is 2430. The lowest BCUT2D eigenvalue weighted by molar-refractivity contribution is 1.28. The van der Waals surface area contributed by atoms with Gasteiger partial charge in [-0.1, -0.05) is 133 Å². The van der Waals surface area contributed by atoms with Crippen LogP contribution in [0.1, 0.15) is 16.4 Å². The molecule has 0 saturated heterocycles. The van der Waals surface area contributed by atoms with Gasteiger partial charge in [-0.05, 0) is 86.5 Å². The molecule has 7 rings (SSSR count). The summed E-state index contributed by atoms with van der Waals surface area (Å²) >= 11 is 0. The number of hydrogen-bond donors (Lipinski definition) is 0. The first-order valence-electron chi connectivity index (χ1n) is 19.1. The Hall–Kier alpha value is -5.40. The lowest BCUT2D eigenvalue weighted by Crippen LogP contribution is -2.10. The number of fused-ring (bicyclic) bond motifs is 1. The monoisotopic (exact) mass is 535 g/mol. The Labute approximate surface area is 258 Å². The molecular weight excluding hydrogens is 494 g/mol. The van der Waals surface area contributed by atoms with Crippen LogP contribution in [0.2, 0.25) is 0 Å². The first-order chi connectivity index (χ1) is 25.3. The minimum Gasteiger partial charge on any atom is -0.310 e. The van der Waals surface area contributed by atoms with Crippen LogP contribution < -0.4 is 4.90 Å². The molecule has 0 aliphatic heterocycles. The average molecular weight is 536 g/mol. The van der Waals surface area contributed by atoms with Gasteiger partial charge in [0, 0.05) is 17.1 Å². The Morgan fingerprint density at radius 2 is 0.902 bits per heavy atom. The smallest absolute Gasteiger partial charge is 0.0651 e. The molecule has 194 valence electrons. The molecule has 0 atom stereocenters. The molecule has 0 aliphatic carbocycles. The van der Waals surface area contributed by atoms with Gasteiger partial charge in [0.1, 0.15) is 0 Å². The van der Waals surface area contributed by atoms with Crippen molar-refractivity contribution in [1.82, 2.24) is 0 Å². The van der Waals surface area contributed by atoms with Gasteiger partial charge in [0.05, 0.1) is 16.4 Å². The summed E-state index contributed by atoms with van der Waals surface area (Å²) in [6.45, 7) is 0. The summed E-state index contributed by atoms with van der Waals surface area (Å²) in [6.07, 6.45) is 0. The summed E-state index contributed by atoms with van der Waals surface area (Å²) in [7, 11) is 0. The van der Waals surface area contributed by atoms with Crippen LogP contribution in [-0.4, -0.2) is 0 Å². The van der Waals surface area contributed by atoms with Gasteiger partial charge in [-0.3, -0.25) is 0 Å². The Morgan fingerprint density at radius 3 is 1.49 bits per heavy atom. The van der Waals surface area contributed by atoms with Crippen molar-refractivity contribution >= 4 is 27.8 Å². The highest BCUT2D eigenvalue weighted by molar-refractivity contribution is 5.88. The van der Waals surface area contributed by atoms with E-state index in [-0.39, 0.29) is 16.7 Å². The number of benzene rings is 7. The molecule has 0 unspecified atom stereocenters. The van der Waals surface area contributed by atoms with Crippen molar-refractivity contribution in [1.29, 1.82) is 0 Å². The van der Waals surface area contributed by atoms with Crippen molar-refractivity contribution in [2.45, 2.75) is 0 Å². The minimum absolute atomic E-state index is 0.0278. The van der Waals surface area contributed by atoms with Crippen LogP contribution in [0, 0.1) is 0 Å². The summed E-state index contributed by atoms with van der Waals surface area (Å²) < 4.78 is 110. The second kappa shape index (κ2) is 11.0. The molecule has 0 aromatic heterocycles. The summed E-state index contributed by atoms with van der Waals surface area (Å²) in [5.74, 6) is 0. The summed E-state index contributed by atoms with van der Waals surface area (Å²) in [5, 5.41) is 1.65. The molecule has 0 N–H and O–H groups in total. The van der Waals surface area contributed by atoms with E-state index in [4.69, 9.17) is 9.60 Å². The van der Waals surface area contributed by atoms with E-state index in [1.165, 1.54) is 0 Å². The van der Waals surface area contributed by atoms with Gasteiger partial charge >= 0.3 is 0 Å². The maximum absolute atomic E-state index is 9.55. The topological polar surface area (TPSA) is 3.24 Å². The van der Waals surface area contributed by atoms with E-state index in [1.807, 2.05) is 24.3 Å². The van der Waals surface area contributed by atoms with Gasteiger partial charge in [-0.2, -0.15) is 0 Å². The van der Waals surface area contributed by atoms with E-state index in [0.29, 0.717) is 16.7 Å². The highest BCUT2D eigenvalue weighted by Crippen LogP contribution is 2.38. The number of anilines is 3. The van der Waals surface area contributed by atoms with Crippen molar-refractivity contribution in [2.24, 2.45) is 0 Å². The largest absolute Gasteiger partial charge is 0.310 e. The van der Waals surface area contributed by atoms with Crippen molar-refractivity contribution in [2.75, 3.05) is 4.90 Å². The van der Waals surface area contributed by atoms with E-state index in [1.54, 1.807) is 78.9 Å². The Morgan fingerprint density at radius 1 is 0.366 bits per heavy atom. The molecular formula is C40H29N. The van der Waals surface area contributed by atoms with Gasteiger partial charge in [-0.25, -0.2) is 0 Å². The van der Waals surface area contributed by atoms with Gasteiger partial charge in [0.25, 0.3) is 0 Å². The maximum Gasteiger partial charge on any atom is 0.0651 e. The molecule has 0 aliphatic rings. The van der Waals surface area contributed by atoms with Crippen LogP contribution in [0.5, 0.6) is 0 Å². The molecule has 0 heterocycles. The molecule has 41 heavy (non-hydrogen) atoms. The predicted octanol–water partition coefficient (Wildman–Crippen LogP) is 11.3. The number of nitrogens with zero attached hydrogens (tertiary/aromatic N) is 1. The van der Waals surface area contributed by atoms with Crippen LogP contribution >= 0.6 is 0 Å². The zero-order valence-electron chi connectivity index (χ0n) is 33.8. The standard InChI is InChI=1S/C40H29N/c1-3-10-30(11-4-1)33-20-24-38(25-21-33)41(39-26-22-34(23-27-39)31-12-5-2-6-13-31)40-17-9-16-36(29-40)37-19-18-32-14-7-8-15-35(32)28-37/h1-29H/i9D,16D,17D,20D,21D,22D,23D,24D,25D,26D,27D,29D. The third-order valence-electron chi connectivity index (χ3n) is 6.67. The molecule has 1 nitrogen and oxygen atoms in total. The fourth-order valence-corrected chi connectivity index (χ4v) is 4.60. The predicted molar refractivity (Wildman–Crippen MR) is 175 cm³/mol. The van der Waals surface area contributed by atoms with Crippen LogP contribution in [-0.2, 0) is 0 Å². The lowest BCUT2D eigenvalue weighted by atomic mass is 10.00. The molecule has 0 saturated carbocycles. The second-order valence-corrected chi connectivity index (χ2v) is 9.30. The number of hydrogen-bond acceptors (Lipinski definition) is 1. The van der Waals surface area contributed by atoms with E-state index >= 15 is 0 Å². The fourth-order valence-electron chi connectivity index (χ4n) is 4.60. The quantitative estimate of drug-likeness (QED) is 0.205. The van der Waals surface area contributed by atoms with Crippen LogP contribution in [0.3, 0.4) is 0 Å². The summed E-state index contributed by atoms with van der Waals surface area (Å²) in [4.78, 5) is 0.873. The minimum atomic E-state index is -0.711.